The molecule has 2 aromatic rings. The summed E-state index contributed by atoms with van der Waals surface area (Å²) in [5, 5.41) is 17.4. The minimum Gasteiger partial charge on any atom is -0.390 e. The predicted molar refractivity (Wildman–Crippen MR) is 150 cm³/mol. The molecule has 1 unspecified atom stereocenters. The Hall–Kier alpha value is -2.53. The number of aliphatic hydroxyl groups excluding tert-OH is 1. The van der Waals surface area contributed by atoms with Gasteiger partial charge in [-0.1, -0.05) is 68.1 Å². The second-order valence-electron chi connectivity index (χ2n) is 10.3. The average Bonchev–Trinajstić information content (AvgIpc) is 3.17. The van der Waals surface area contributed by atoms with Crippen LogP contribution >= 0.6 is 0 Å². The van der Waals surface area contributed by atoms with Crippen LogP contribution in [0.2, 0.25) is 0 Å². The fourth-order valence-corrected chi connectivity index (χ4v) is 6.28. The maximum atomic E-state index is 13.0. The van der Waals surface area contributed by atoms with Crippen LogP contribution in [0.4, 0.5) is 0 Å². The highest BCUT2D eigenvalue weighted by Crippen LogP contribution is 2.24. The standard InChI is InChI=1S/C28H42N4O5S/c1-38(36,37)32(24-11-4-2-3-5-12-24)16-8-13-27(34)31-26(28(35)30-20-25(33)19-29)18-21-14-15-22-9-6-7-10-23(22)17-21/h6-7,9-10,14-15,17,24-26,33H,2-5,8,11-13,16,18-20,29H2,1H3,(H,30,35)(H,31,34)/t25?,26-/m1/s1. The summed E-state index contributed by atoms with van der Waals surface area (Å²) in [4.78, 5) is 25.8. The van der Waals surface area contributed by atoms with Gasteiger partial charge >= 0.3 is 0 Å². The van der Waals surface area contributed by atoms with Crippen molar-refractivity contribution in [1.29, 1.82) is 0 Å². The molecule has 0 spiro atoms. The molecule has 9 nitrogen and oxygen atoms in total. The molecule has 1 fully saturated rings. The predicted octanol–water partition coefficient (Wildman–Crippen LogP) is 2.07. The van der Waals surface area contributed by atoms with Gasteiger partial charge < -0.3 is 21.5 Å². The van der Waals surface area contributed by atoms with Crippen LogP contribution in [0.25, 0.3) is 10.8 Å². The monoisotopic (exact) mass is 546 g/mol. The average molecular weight is 547 g/mol. The third-order valence-corrected chi connectivity index (χ3v) is 8.46. The van der Waals surface area contributed by atoms with E-state index in [-0.39, 0.29) is 44.4 Å². The molecule has 2 aromatic carbocycles. The second-order valence-corrected chi connectivity index (χ2v) is 12.2. The lowest BCUT2D eigenvalue weighted by molar-refractivity contribution is -0.129. The number of hydrogen-bond acceptors (Lipinski definition) is 6. The number of rotatable bonds is 13. The summed E-state index contributed by atoms with van der Waals surface area (Å²) in [7, 11) is -3.39. The number of sulfonamides is 1. The van der Waals surface area contributed by atoms with E-state index in [9.17, 15) is 23.1 Å². The largest absolute Gasteiger partial charge is 0.390 e. The fraction of sp³-hybridized carbons (Fsp3) is 0.571. The van der Waals surface area contributed by atoms with Gasteiger partial charge in [-0.15, -0.1) is 0 Å². The Morgan fingerprint density at radius 2 is 1.76 bits per heavy atom. The number of nitrogens with one attached hydrogen (secondary N) is 2. The van der Waals surface area contributed by atoms with Gasteiger partial charge in [-0.3, -0.25) is 9.59 Å². The highest BCUT2D eigenvalue weighted by molar-refractivity contribution is 7.88. The van der Waals surface area contributed by atoms with E-state index in [0.717, 1.165) is 54.9 Å². The summed E-state index contributed by atoms with van der Waals surface area (Å²) in [6.07, 6.45) is 7.08. The molecule has 0 heterocycles. The van der Waals surface area contributed by atoms with Gasteiger partial charge in [-0.2, -0.15) is 4.31 Å². The minimum atomic E-state index is -3.39. The summed E-state index contributed by atoms with van der Waals surface area (Å²) < 4.78 is 26.5. The van der Waals surface area contributed by atoms with Crippen molar-refractivity contribution < 1.29 is 23.1 Å². The van der Waals surface area contributed by atoms with Crippen molar-refractivity contribution in [3.8, 4) is 0 Å². The van der Waals surface area contributed by atoms with Crippen LogP contribution in [0, 0.1) is 0 Å². The van der Waals surface area contributed by atoms with Crippen molar-refractivity contribution in [1.82, 2.24) is 14.9 Å². The Labute approximate surface area is 226 Å². The van der Waals surface area contributed by atoms with Crippen LogP contribution in [0.3, 0.4) is 0 Å². The third-order valence-electron chi connectivity index (χ3n) is 7.13. The first-order valence-electron chi connectivity index (χ1n) is 13.6. The molecule has 0 aromatic heterocycles. The van der Waals surface area contributed by atoms with Crippen molar-refractivity contribution in [3.63, 3.8) is 0 Å². The fourth-order valence-electron chi connectivity index (χ4n) is 5.06. The molecule has 0 radical (unpaired) electrons. The van der Waals surface area contributed by atoms with Gasteiger partial charge in [0.1, 0.15) is 6.04 Å². The van der Waals surface area contributed by atoms with E-state index in [1.165, 1.54) is 6.26 Å². The number of hydrogen-bond donors (Lipinski definition) is 4. The Morgan fingerprint density at radius 1 is 1.08 bits per heavy atom. The first-order valence-corrected chi connectivity index (χ1v) is 15.4. The van der Waals surface area contributed by atoms with E-state index in [0.29, 0.717) is 6.42 Å². The number of carbonyl (C=O) groups is 2. The molecule has 2 atom stereocenters. The molecular formula is C28H42N4O5S. The number of fused-ring (bicyclic) bond motifs is 1. The van der Waals surface area contributed by atoms with Crippen molar-refractivity contribution >= 4 is 32.6 Å². The number of aliphatic hydroxyl groups is 1. The van der Waals surface area contributed by atoms with Gasteiger partial charge in [0.05, 0.1) is 12.4 Å². The third kappa shape index (κ3) is 9.34. The zero-order chi connectivity index (χ0) is 27.5. The van der Waals surface area contributed by atoms with Crippen LogP contribution in [-0.4, -0.2) is 73.7 Å². The molecule has 0 bridgehead atoms. The van der Waals surface area contributed by atoms with Crippen LogP contribution in [-0.2, 0) is 26.0 Å². The maximum Gasteiger partial charge on any atom is 0.243 e. The van der Waals surface area contributed by atoms with Crippen molar-refractivity contribution in [2.75, 3.05) is 25.9 Å². The lowest BCUT2D eigenvalue weighted by Crippen LogP contribution is -2.50. The topological polar surface area (TPSA) is 142 Å². The van der Waals surface area contributed by atoms with Gasteiger partial charge in [0.25, 0.3) is 0 Å². The smallest absolute Gasteiger partial charge is 0.243 e. The molecule has 210 valence electrons. The van der Waals surface area contributed by atoms with Crippen LogP contribution in [0.1, 0.15) is 56.9 Å². The van der Waals surface area contributed by atoms with E-state index in [1.807, 2.05) is 42.5 Å². The van der Waals surface area contributed by atoms with E-state index in [2.05, 4.69) is 10.6 Å². The molecule has 3 rings (SSSR count). The van der Waals surface area contributed by atoms with Crippen molar-refractivity contribution in [3.05, 3.63) is 48.0 Å². The van der Waals surface area contributed by atoms with Crippen molar-refractivity contribution in [2.45, 2.75) is 76.0 Å². The molecule has 2 amide bonds. The second kappa shape index (κ2) is 14.6. The van der Waals surface area contributed by atoms with Gasteiger partial charge in [0.2, 0.25) is 21.8 Å². The molecule has 0 saturated heterocycles. The van der Waals surface area contributed by atoms with Crippen molar-refractivity contribution in [2.24, 2.45) is 5.73 Å². The number of benzene rings is 2. The molecule has 5 N–H and O–H groups in total. The molecule has 1 saturated carbocycles. The first-order chi connectivity index (χ1) is 18.2. The number of nitrogens with two attached hydrogens (primary N) is 1. The van der Waals surface area contributed by atoms with Gasteiger partial charge in [0.15, 0.2) is 0 Å². The first kappa shape index (κ1) is 30.0. The molecular weight excluding hydrogens is 504 g/mol. The lowest BCUT2D eigenvalue weighted by Gasteiger charge is -2.29. The van der Waals surface area contributed by atoms with E-state index >= 15 is 0 Å². The minimum absolute atomic E-state index is 0.00979. The quantitative estimate of drug-likeness (QED) is 0.283. The summed E-state index contributed by atoms with van der Waals surface area (Å²) in [5.41, 5.74) is 6.33. The van der Waals surface area contributed by atoms with Gasteiger partial charge in [-0.05, 0) is 35.6 Å². The van der Waals surface area contributed by atoms with Crippen LogP contribution in [0.15, 0.2) is 42.5 Å². The summed E-state index contributed by atoms with van der Waals surface area (Å²) in [5.74, 6) is -0.727. The van der Waals surface area contributed by atoms with Crippen LogP contribution in [0.5, 0.6) is 0 Å². The Kier molecular flexibility index (Phi) is 11.5. The Balaban J connectivity index is 1.63. The zero-order valence-corrected chi connectivity index (χ0v) is 23.1. The summed E-state index contributed by atoms with van der Waals surface area (Å²) >= 11 is 0. The number of nitrogens with zero attached hydrogens (tertiary/aromatic N) is 1. The molecule has 0 aliphatic heterocycles. The summed E-state index contributed by atoms with van der Waals surface area (Å²) in [6.45, 7) is 0.283. The Bertz CT molecular complexity index is 1160. The number of amides is 2. The normalized spacial score (nSPS) is 16.6. The Morgan fingerprint density at radius 3 is 2.42 bits per heavy atom. The molecule has 38 heavy (non-hydrogen) atoms. The lowest BCUT2D eigenvalue weighted by atomic mass is 10.0. The molecule has 10 heteroatoms. The van der Waals surface area contributed by atoms with Gasteiger partial charge in [-0.25, -0.2) is 8.42 Å². The van der Waals surface area contributed by atoms with Crippen LogP contribution < -0.4 is 16.4 Å². The highest BCUT2D eigenvalue weighted by atomic mass is 32.2. The highest BCUT2D eigenvalue weighted by Gasteiger charge is 2.27. The molecule has 1 aliphatic carbocycles. The van der Waals surface area contributed by atoms with E-state index in [1.54, 1.807) is 4.31 Å². The zero-order valence-electron chi connectivity index (χ0n) is 22.3. The van der Waals surface area contributed by atoms with E-state index in [4.69, 9.17) is 5.73 Å². The van der Waals surface area contributed by atoms with Gasteiger partial charge in [0, 0.05) is 38.5 Å². The maximum absolute atomic E-state index is 13.0. The van der Waals surface area contributed by atoms with E-state index < -0.39 is 28.1 Å². The molecule has 1 aliphatic rings. The SMILES string of the molecule is CS(=O)(=O)N(CCCC(=O)N[C@H](Cc1ccc2ccccc2c1)C(=O)NCC(O)CN)C1CCCCCC1. The summed E-state index contributed by atoms with van der Waals surface area (Å²) in [6, 6.07) is 12.9. The number of carbonyl (C=O) groups excluding carboxylic acids is 2.